The van der Waals surface area contributed by atoms with Crippen LogP contribution in [-0.2, 0) is 6.54 Å². The van der Waals surface area contributed by atoms with Gasteiger partial charge in [0.05, 0.1) is 13.7 Å². The Morgan fingerprint density at radius 2 is 2.14 bits per heavy atom. The summed E-state index contributed by atoms with van der Waals surface area (Å²) in [7, 11) is 9.45. The molecule has 0 radical (unpaired) electrons. The normalized spacial score (nSPS) is 10.0. The van der Waals surface area contributed by atoms with E-state index in [9.17, 15) is 0 Å². The average molecular weight is 194 g/mol. The molecule has 0 saturated heterocycles. The zero-order valence-corrected chi connectivity index (χ0v) is 9.08. The van der Waals surface area contributed by atoms with Crippen LogP contribution in [0.1, 0.15) is 5.56 Å². The molecule has 3 heteroatoms. The number of nitrogens with zero attached hydrogens (tertiary/aromatic N) is 1. The molecule has 1 aromatic carbocycles. The molecule has 1 rings (SSSR count). The summed E-state index contributed by atoms with van der Waals surface area (Å²) in [5.41, 5.74) is 2.32. The highest BCUT2D eigenvalue weighted by Gasteiger charge is 2.05. The summed E-state index contributed by atoms with van der Waals surface area (Å²) in [6.45, 7) is 0.844. The van der Waals surface area contributed by atoms with Crippen molar-refractivity contribution in [1.29, 1.82) is 0 Å². The van der Waals surface area contributed by atoms with Gasteiger partial charge in [-0.15, -0.1) is 0 Å². The maximum atomic E-state index is 5.31. The summed E-state index contributed by atoms with van der Waals surface area (Å²) in [6.07, 6.45) is 0. The number of benzene rings is 1. The maximum Gasteiger partial charge on any atom is 0.129 e. The molecule has 0 aromatic heterocycles. The van der Waals surface area contributed by atoms with E-state index in [1.54, 1.807) is 7.11 Å². The first kappa shape index (κ1) is 10.9. The van der Waals surface area contributed by atoms with Gasteiger partial charge in [0.1, 0.15) is 5.75 Å². The largest absolute Gasteiger partial charge is 0.496 e. The maximum absolute atomic E-state index is 5.31. The number of hydrogen-bond acceptors (Lipinski definition) is 2. The molecule has 0 fully saturated rings. The zero-order chi connectivity index (χ0) is 10.6. The molecular formula is C11H18N2O. The van der Waals surface area contributed by atoms with Crippen LogP contribution in [0.5, 0.6) is 5.75 Å². The molecule has 3 nitrogen and oxygen atoms in total. The molecule has 0 spiro atoms. The minimum absolute atomic E-state index is 0.844. The van der Waals surface area contributed by atoms with E-state index in [2.05, 4.69) is 24.1 Å². The van der Waals surface area contributed by atoms with E-state index < -0.39 is 0 Å². The molecule has 2 N–H and O–H groups in total. The lowest BCUT2D eigenvalue weighted by molar-refractivity contribution is -0.612. The Labute approximate surface area is 85.7 Å². The van der Waals surface area contributed by atoms with Gasteiger partial charge >= 0.3 is 0 Å². The monoisotopic (exact) mass is 194 g/mol. The molecular weight excluding hydrogens is 176 g/mol. The molecule has 14 heavy (non-hydrogen) atoms. The summed E-state index contributed by atoms with van der Waals surface area (Å²) < 4.78 is 5.31. The molecule has 0 unspecified atom stereocenters. The van der Waals surface area contributed by atoms with Crippen molar-refractivity contribution in [2.45, 2.75) is 6.54 Å². The van der Waals surface area contributed by atoms with Gasteiger partial charge in [-0.25, -0.2) is 0 Å². The molecule has 0 saturated carbocycles. The van der Waals surface area contributed by atoms with Gasteiger partial charge in [-0.3, -0.25) is 0 Å². The van der Waals surface area contributed by atoms with Crippen molar-refractivity contribution >= 4 is 5.69 Å². The first-order chi connectivity index (χ1) is 6.69. The topological polar surface area (TPSA) is 29.1 Å². The van der Waals surface area contributed by atoms with Crippen LogP contribution >= 0.6 is 0 Å². The Balaban J connectivity index is 2.98. The smallest absolute Gasteiger partial charge is 0.129 e. The molecule has 0 aliphatic rings. The predicted octanol–water partition coefficient (Wildman–Crippen LogP) is 0.616. The first-order valence-electron chi connectivity index (χ1n) is 4.64. The summed E-state index contributed by atoms with van der Waals surface area (Å²) in [4.78, 5) is 2.06. The van der Waals surface area contributed by atoms with E-state index in [1.165, 1.54) is 5.56 Å². The van der Waals surface area contributed by atoms with Crippen molar-refractivity contribution in [2.75, 3.05) is 26.1 Å². The third-order valence-electron chi connectivity index (χ3n) is 2.15. The third-order valence-corrected chi connectivity index (χ3v) is 2.15. The number of anilines is 1. The standard InChI is InChI=1S/C11H18N2O/c1-12-8-9-5-6-10(13(2)3)7-11(9)14-4/h5-7H,1,8,12H2,2-4H3. The van der Waals surface area contributed by atoms with Crippen molar-refractivity contribution in [3.05, 3.63) is 30.8 Å². The molecule has 0 atom stereocenters. The van der Waals surface area contributed by atoms with Crippen LogP contribution in [-0.4, -0.2) is 21.2 Å². The molecule has 1 aromatic rings. The second-order valence-electron chi connectivity index (χ2n) is 3.38. The summed E-state index contributed by atoms with van der Waals surface area (Å²) in [5, 5.41) is 1.88. The Bertz CT molecular complexity index is 297. The van der Waals surface area contributed by atoms with Crippen molar-refractivity contribution in [3.63, 3.8) is 0 Å². The first-order valence-corrected chi connectivity index (χ1v) is 4.64. The Morgan fingerprint density at radius 1 is 1.43 bits per heavy atom. The predicted molar refractivity (Wildman–Crippen MR) is 58.3 cm³/mol. The molecule has 0 amide bonds. The highest BCUT2D eigenvalue weighted by molar-refractivity contribution is 5.52. The lowest BCUT2D eigenvalue weighted by Crippen LogP contribution is -2.74. The highest BCUT2D eigenvalue weighted by atomic mass is 16.5. The van der Waals surface area contributed by atoms with Crippen LogP contribution in [0.4, 0.5) is 5.69 Å². The van der Waals surface area contributed by atoms with Crippen molar-refractivity contribution in [1.82, 2.24) is 0 Å². The second kappa shape index (κ2) is 4.86. The van der Waals surface area contributed by atoms with Gasteiger partial charge in [0.15, 0.2) is 0 Å². The number of nitrogens with two attached hydrogens (primary N) is 1. The average Bonchev–Trinajstić information content (AvgIpc) is 2.18. The fourth-order valence-electron chi connectivity index (χ4n) is 1.34. The lowest BCUT2D eigenvalue weighted by Gasteiger charge is -2.15. The number of ether oxygens (including phenoxy) is 1. The van der Waals surface area contributed by atoms with Gasteiger partial charge in [0.2, 0.25) is 0 Å². The van der Waals surface area contributed by atoms with Gasteiger partial charge in [0.25, 0.3) is 0 Å². The number of quaternary nitrogens is 1. The van der Waals surface area contributed by atoms with Gasteiger partial charge in [-0.2, -0.15) is 7.05 Å². The Morgan fingerprint density at radius 3 is 2.64 bits per heavy atom. The van der Waals surface area contributed by atoms with Gasteiger partial charge in [0, 0.05) is 31.4 Å². The second-order valence-corrected chi connectivity index (χ2v) is 3.38. The fourth-order valence-corrected chi connectivity index (χ4v) is 1.34. The third kappa shape index (κ3) is 2.39. The van der Waals surface area contributed by atoms with Crippen molar-refractivity contribution in [3.8, 4) is 5.75 Å². The molecule has 0 heterocycles. The Hall–Kier alpha value is -1.22. The number of methoxy groups -OCH3 is 1. The van der Waals surface area contributed by atoms with Crippen LogP contribution in [0.3, 0.4) is 0 Å². The molecule has 78 valence electrons. The molecule has 0 aliphatic heterocycles. The van der Waals surface area contributed by atoms with Crippen molar-refractivity contribution < 1.29 is 10.1 Å². The van der Waals surface area contributed by atoms with Crippen LogP contribution in [0.15, 0.2) is 18.2 Å². The molecule has 0 aliphatic carbocycles. The van der Waals surface area contributed by atoms with Gasteiger partial charge in [-0.1, -0.05) is 0 Å². The van der Waals surface area contributed by atoms with E-state index in [1.807, 2.05) is 25.5 Å². The van der Waals surface area contributed by atoms with Crippen LogP contribution < -0.4 is 15.0 Å². The number of rotatable bonds is 4. The lowest BCUT2D eigenvalue weighted by atomic mass is 10.1. The van der Waals surface area contributed by atoms with E-state index in [-0.39, 0.29) is 0 Å². The van der Waals surface area contributed by atoms with Crippen LogP contribution in [0.25, 0.3) is 0 Å². The summed E-state index contributed by atoms with van der Waals surface area (Å²) in [5.74, 6) is 0.927. The minimum atomic E-state index is 0.844. The van der Waals surface area contributed by atoms with E-state index >= 15 is 0 Å². The van der Waals surface area contributed by atoms with Crippen LogP contribution in [0.2, 0.25) is 0 Å². The summed E-state index contributed by atoms with van der Waals surface area (Å²) >= 11 is 0. The Kier molecular flexibility index (Phi) is 3.77. The van der Waals surface area contributed by atoms with E-state index in [4.69, 9.17) is 4.74 Å². The van der Waals surface area contributed by atoms with Crippen LogP contribution in [0, 0.1) is 7.05 Å². The minimum Gasteiger partial charge on any atom is -0.496 e. The van der Waals surface area contributed by atoms with E-state index in [0.717, 1.165) is 18.0 Å². The van der Waals surface area contributed by atoms with Gasteiger partial charge < -0.3 is 15.0 Å². The van der Waals surface area contributed by atoms with Gasteiger partial charge in [-0.05, 0) is 12.1 Å². The van der Waals surface area contributed by atoms with Crippen molar-refractivity contribution in [2.24, 2.45) is 0 Å². The molecule has 0 bridgehead atoms. The highest BCUT2D eigenvalue weighted by Crippen LogP contribution is 2.23. The van der Waals surface area contributed by atoms with E-state index in [0.29, 0.717) is 0 Å². The SMILES string of the molecule is [CH2-][NH2+]Cc1ccc(N(C)C)cc1OC. The number of hydrogen-bond donors (Lipinski definition) is 1. The fraction of sp³-hybridized carbons (Fsp3) is 0.364. The zero-order valence-electron chi connectivity index (χ0n) is 9.08. The quantitative estimate of drug-likeness (QED) is 0.712. The summed E-state index contributed by atoms with van der Waals surface area (Å²) in [6, 6.07) is 6.20.